The average Bonchev–Trinajstić information content (AvgIpc) is 2.17. The van der Waals surface area contributed by atoms with Crippen LogP contribution in [0.25, 0.3) is 0 Å². The maximum Gasteiger partial charge on any atom is 0.221 e. The van der Waals surface area contributed by atoms with Crippen LogP contribution >= 0.6 is 11.8 Å². The molecule has 0 aliphatic rings. The Labute approximate surface area is 97.8 Å². The van der Waals surface area contributed by atoms with Crippen LogP contribution < -0.4 is 10.6 Å². The van der Waals surface area contributed by atoms with Gasteiger partial charge in [0.05, 0.1) is 0 Å². The number of nitrogens with one attached hydrogen (secondary N) is 2. The van der Waals surface area contributed by atoms with Gasteiger partial charge in [0.15, 0.2) is 0 Å². The number of thioether (sulfide) groups is 1. The first-order chi connectivity index (χ1) is 7.16. The van der Waals surface area contributed by atoms with Gasteiger partial charge >= 0.3 is 0 Å². The van der Waals surface area contributed by atoms with Crippen LogP contribution in [0.2, 0.25) is 0 Å². The van der Waals surface area contributed by atoms with E-state index in [1.54, 1.807) is 0 Å². The molecule has 3 nitrogen and oxygen atoms in total. The van der Waals surface area contributed by atoms with Crippen molar-refractivity contribution in [2.75, 3.05) is 25.1 Å². The lowest BCUT2D eigenvalue weighted by molar-refractivity contribution is -0.121. The van der Waals surface area contributed by atoms with E-state index in [-0.39, 0.29) is 5.91 Å². The first-order valence-electron chi connectivity index (χ1n) is 5.66. The SMILES string of the molecule is CSCCCCNC(=O)CCNC(C)C. The molecule has 0 aromatic carbocycles. The summed E-state index contributed by atoms with van der Waals surface area (Å²) in [6.45, 7) is 5.76. The second kappa shape index (κ2) is 10.3. The lowest BCUT2D eigenvalue weighted by Gasteiger charge is -2.08. The van der Waals surface area contributed by atoms with E-state index < -0.39 is 0 Å². The predicted molar refractivity (Wildman–Crippen MR) is 68.4 cm³/mol. The molecule has 0 spiro atoms. The number of hydrogen-bond donors (Lipinski definition) is 2. The van der Waals surface area contributed by atoms with Crippen LogP contribution in [0.4, 0.5) is 0 Å². The van der Waals surface area contributed by atoms with E-state index in [2.05, 4.69) is 30.7 Å². The van der Waals surface area contributed by atoms with Crippen LogP contribution in [0.3, 0.4) is 0 Å². The van der Waals surface area contributed by atoms with E-state index in [1.165, 1.54) is 12.2 Å². The van der Waals surface area contributed by atoms with Gasteiger partial charge in [-0.2, -0.15) is 11.8 Å². The Morgan fingerprint density at radius 1 is 1.27 bits per heavy atom. The van der Waals surface area contributed by atoms with Crippen molar-refractivity contribution in [1.29, 1.82) is 0 Å². The van der Waals surface area contributed by atoms with E-state index in [9.17, 15) is 4.79 Å². The minimum absolute atomic E-state index is 0.160. The van der Waals surface area contributed by atoms with Crippen molar-refractivity contribution in [1.82, 2.24) is 10.6 Å². The highest BCUT2D eigenvalue weighted by Crippen LogP contribution is 1.97. The number of carbonyl (C=O) groups is 1. The Morgan fingerprint density at radius 3 is 2.60 bits per heavy atom. The third-order valence-corrected chi connectivity index (χ3v) is 2.70. The van der Waals surface area contributed by atoms with E-state index >= 15 is 0 Å². The quantitative estimate of drug-likeness (QED) is 0.594. The molecule has 90 valence electrons. The van der Waals surface area contributed by atoms with Gasteiger partial charge in [-0.25, -0.2) is 0 Å². The number of rotatable bonds is 9. The molecule has 0 heterocycles. The molecule has 0 fully saturated rings. The van der Waals surface area contributed by atoms with Gasteiger partial charge in [0.2, 0.25) is 5.91 Å². The molecule has 4 heteroatoms. The molecule has 0 rings (SSSR count). The maximum atomic E-state index is 11.3. The molecule has 0 aliphatic carbocycles. The van der Waals surface area contributed by atoms with Crippen LogP contribution in [0, 0.1) is 0 Å². The van der Waals surface area contributed by atoms with Gasteiger partial charge < -0.3 is 10.6 Å². The fraction of sp³-hybridized carbons (Fsp3) is 0.909. The van der Waals surface area contributed by atoms with E-state index in [1.807, 2.05) is 11.8 Å². The predicted octanol–water partition coefficient (Wildman–Crippen LogP) is 1.63. The highest BCUT2D eigenvalue weighted by atomic mass is 32.2. The van der Waals surface area contributed by atoms with Gasteiger partial charge in [0.25, 0.3) is 0 Å². The largest absolute Gasteiger partial charge is 0.356 e. The number of amides is 1. The summed E-state index contributed by atoms with van der Waals surface area (Å²) in [6, 6.07) is 0.458. The summed E-state index contributed by atoms with van der Waals surface area (Å²) in [5.41, 5.74) is 0. The summed E-state index contributed by atoms with van der Waals surface area (Å²) in [6.07, 6.45) is 4.97. The standard InChI is InChI=1S/C11H24N2OS/c1-10(2)12-8-6-11(14)13-7-4-5-9-15-3/h10,12H,4-9H2,1-3H3,(H,13,14). The molecule has 0 atom stereocenters. The van der Waals surface area contributed by atoms with E-state index in [0.29, 0.717) is 12.5 Å². The van der Waals surface area contributed by atoms with Crippen molar-refractivity contribution in [3.05, 3.63) is 0 Å². The molecule has 2 N–H and O–H groups in total. The molecular formula is C11H24N2OS. The Kier molecular flexibility index (Phi) is 10.2. The van der Waals surface area contributed by atoms with Gasteiger partial charge in [-0.3, -0.25) is 4.79 Å². The lowest BCUT2D eigenvalue weighted by Crippen LogP contribution is -2.31. The number of carbonyl (C=O) groups excluding carboxylic acids is 1. The molecular weight excluding hydrogens is 208 g/mol. The summed E-state index contributed by atoms with van der Waals surface area (Å²) >= 11 is 1.85. The number of unbranched alkanes of at least 4 members (excludes halogenated alkanes) is 1. The third-order valence-electron chi connectivity index (χ3n) is 2.00. The first kappa shape index (κ1) is 14.8. The zero-order valence-corrected chi connectivity index (χ0v) is 11.0. The lowest BCUT2D eigenvalue weighted by atomic mass is 10.3. The minimum Gasteiger partial charge on any atom is -0.356 e. The van der Waals surface area contributed by atoms with Gasteiger partial charge in [-0.05, 0) is 24.9 Å². The monoisotopic (exact) mass is 232 g/mol. The van der Waals surface area contributed by atoms with Crippen molar-refractivity contribution in [3.63, 3.8) is 0 Å². The van der Waals surface area contributed by atoms with Gasteiger partial charge in [0.1, 0.15) is 0 Å². The molecule has 15 heavy (non-hydrogen) atoms. The highest BCUT2D eigenvalue weighted by Gasteiger charge is 2.00. The highest BCUT2D eigenvalue weighted by molar-refractivity contribution is 7.98. The van der Waals surface area contributed by atoms with Crippen molar-refractivity contribution in [2.24, 2.45) is 0 Å². The van der Waals surface area contributed by atoms with E-state index in [0.717, 1.165) is 19.5 Å². The fourth-order valence-corrected chi connectivity index (χ4v) is 1.65. The van der Waals surface area contributed by atoms with Crippen LogP contribution in [-0.2, 0) is 4.79 Å². The van der Waals surface area contributed by atoms with Crippen molar-refractivity contribution >= 4 is 17.7 Å². The molecule has 0 unspecified atom stereocenters. The summed E-state index contributed by atoms with van der Waals surface area (Å²) in [5.74, 6) is 1.34. The molecule has 0 aliphatic heterocycles. The minimum atomic E-state index is 0.160. The Bertz CT molecular complexity index is 163. The molecule has 0 saturated heterocycles. The average molecular weight is 232 g/mol. The molecule has 0 bridgehead atoms. The third kappa shape index (κ3) is 11.7. The van der Waals surface area contributed by atoms with Gasteiger partial charge in [0, 0.05) is 25.6 Å². The van der Waals surface area contributed by atoms with Crippen molar-refractivity contribution in [3.8, 4) is 0 Å². The van der Waals surface area contributed by atoms with Crippen molar-refractivity contribution < 1.29 is 4.79 Å². The Hall–Kier alpha value is -0.220. The normalized spacial score (nSPS) is 10.7. The van der Waals surface area contributed by atoms with Crippen LogP contribution in [0.1, 0.15) is 33.1 Å². The maximum absolute atomic E-state index is 11.3. The van der Waals surface area contributed by atoms with Gasteiger partial charge in [-0.15, -0.1) is 0 Å². The first-order valence-corrected chi connectivity index (χ1v) is 7.05. The molecule has 0 aromatic heterocycles. The summed E-state index contributed by atoms with van der Waals surface area (Å²) in [4.78, 5) is 11.3. The molecule has 0 saturated carbocycles. The summed E-state index contributed by atoms with van der Waals surface area (Å²) in [7, 11) is 0. The Balaban J connectivity index is 3.19. The Morgan fingerprint density at radius 2 is 2.00 bits per heavy atom. The summed E-state index contributed by atoms with van der Waals surface area (Å²) < 4.78 is 0. The smallest absolute Gasteiger partial charge is 0.221 e. The second-order valence-corrected chi connectivity index (χ2v) is 4.89. The molecule has 0 radical (unpaired) electrons. The molecule has 1 amide bonds. The second-order valence-electron chi connectivity index (χ2n) is 3.91. The number of hydrogen-bond acceptors (Lipinski definition) is 3. The van der Waals surface area contributed by atoms with Gasteiger partial charge in [-0.1, -0.05) is 13.8 Å². The fourth-order valence-electron chi connectivity index (χ4n) is 1.16. The van der Waals surface area contributed by atoms with Crippen LogP contribution in [0.5, 0.6) is 0 Å². The zero-order chi connectivity index (χ0) is 11.5. The molecule has 0 aromatic rings. The van der Waals surface area contributed by atoms with Crippen LogP contribution in [-0.4, -0.2) is 37.0 Å². The van der Waals surface area contributed by atoms with E-state index in [4.69, 9.17) is 0 Å². The summed E-state index contributed by atoms with van der Waals surface area (Å²) in [5, 5.41) is 6.15. The zero-order valence-electron chi connectivity index (χ0n) is 10.1. The van der Waals surface area contributed by atoms with Crippen molar-refractivity contribution in [2.45, 2.75) is 39.2 Å². The topological polar surface area (TPSA) is 41.1 Å². The van der Waals surface area contributed by atoms with Crippen LogP contribution in [0.15, 0.2) is 0 Å².